The van der Waals surface area contributed by atoms with Crippen molar-refractivity contribution >= 4 is 38.3 Å². The van der Waals surface area contributed by atoms with E-state index in [2.05, 4.69) is 32.6 Å². The molecule has 0 aliphatic heterocycles. The van der Waals surface area contributed by atoms with Crippen molar-refractivity contribution in [2.75, 3.05) is 17.0 Å². The molecule has 1 aromatic carbocycles. The number of nitrogens with one attached hydrogen (secondary N) is 2. The van der Waals surface area contributed by atoms with Gasteiger partial charge in [-0.2, -0.15) is 0 Å². The van der Waals surface area contributed by atoms with E-state index in [4.69, 9.17) is 0 Å². The summed E-state index contributed by atoms with van der Waals surface area (Å²) in [5.74, 6) is 0.138. The van der Waals surface area contributed by atoms with Crippen molar-refractivity contribution in [1.82, 2.24) is 5.32 Å². The van der Waals surface area contributed by atoms with Crippen LogP contribution in [0, 0.1) is 3.57 Å². The second-order valence-corrected chi connectivity index (χ2v) is 7.48. The van der Waals surface area contributed by atoms with Crippen molar-refractivity contribution in [2.45, 2.75) is 26.3 Å². The second-order valence-electron chi connectivity index (χ2n) is 4.39. The standard InChI is InChI=1S/C12H19IN2O2S/c1-10(2)14-8-3-9-18(16,17)15-12-6-4-11(13)5-7-12/h4-7,10,14-15H,3,8-9H2,1-2H3. The number of halogens is 1. The Labute approximate surface area is 123 Å². The maximum absolute atomic E-state index is 11.8. The maximum atomic E-state index is 11.8. The van der Waals surface area contributed by atoms with E-state index in [0.717, 1.165) is 3.57 Å². The minimum atomic E-state index is -3.24. The summed E-state index contributed by atoms with van der Waals surface area (Å²) in [6.07, 6.45) is 0.609. The van der Waals surface area contributed by atoms with Crippen molar-refractivity contribution in [3.63, 3.8) is 0 Å². The molecule has 0 aliphatic rings. The van der Waals surface area contributed by atoms with E-state index in [1.165, 1.54) is 0 Å². The van der Waals surface area contributed by atoms with Crippen LogP contribution in [0.15, 0.2) is 24.3 Å². The van der Waals surface area contributed by atoms with E-state index in [0.29, 0.717) is 24.7 Å². The van der Waals surface area contributed by atoms with Crippen molar-refractivity contribution in [2.24, 2.45) is 0 Å². The highest BCUT2D eigenvalue weighted by molar-refractivity contribution is 14.1. The lowest BCUT2D eigenvalue weighted by Gasteiger charge is -2.10. The number of benzene rings is 1. The topological polar surface area (TPSA) is 58.2 Å². The van der Waals surface area contributed by atoms with Crippen LogP contribution in [0.4, 0.5) is 5.69 Å². The first kappa shape index (κ1) is 15.7. The van der Waals surface area contributed by atoms with Gasteiger partial charge in [-0.25, -0.2) is 8.42 Å². The molecule has 1 rings (SSSR count). The minimum Gasteiger partial charge on any atom is -0.314 e. The molecule has 2 N–H and O–H groups in total. The highest BCUT2D eigenvalue weighted by atomic mass is 127. The molecule has 0 amide bonds. The zero-order chi connectivity index (χ0) is 13.6. The van der Waals surface area contributed by atoms with Gasteiger partial charge in [-0.15, -0.1) is 0 Å². The minimum absolute atomic E-state index is 0.138. The fourth-order valence-corrected chi connectivity index (χ4v) is 2.88. The fraction of sp³-hybridized carbons (Fsp3) is 0.500. The molecular weight excluding hydrogens is 363 g/mol. The summed E-state index contributed by atoms with van der Waals surface area (Å²) in [6.45, 7) is 4.79. The van der Waals surface area contributed by atoms with E-state index < -0.39 is 10.0 Å². The van der Waals surface area contributed by atoms with Crippen LogP contribution >= 0.6 is 22.6 Å². The zero-order valence-corrected chi connectivity index (χ0v) is 13.6. The van der Waals surface area contributed by atoms with Crippen LogP contribution in [0.25, 0.3) is 0 Å². The lowest BCUT2D eigenvalue weighted by Crippen LogP contribution is -2.26. The number of hydrogen-bond donors (Lipinski definition) is 2. The molecule has 0 aromatic heterocycles. The van der Waals surface area contributed by atoms with E-state index >= 15 is 0 Å². The van der Waals surface area contributed by atoms with Crippen LogP contribution in [0.2, 0.25) is 0 Å². The summed E-state index contributed by atoms with van der Waals surface area (Å²) in [4.78, 5) is 0. The van der Waals surface area contributed by atoms with Gasteiger partial charge in [0.25, 0.3) is 0 Å². The third kappa shape index (κ3) is 6.55. The molecule has 0 bridgehead atoms. The molecule has 0 atom stereocenters. The molecule has 18 heavy (non-hydrogen) atoms. The molecule has 0 radical (unpaired) electrons. The van der Waals surface area contributed by atoms with Crippen molar-refractivity contribution in [1.29, 1.82) is 0 Å². The highest BCUT2D eigenvalue weighted by Gasteiger charge is 2.09. The Hall–Kier alpha value is -0.340. The predicted molar refractivity (Wildman–Crippen MR) is 84.3 cm³/mol. The molecule has 0 saturated heterocycles. The van der Waals surface area contributed by atoms with Crippen LogP contribution in [-0.2, 0) is 10.0 Å². The first-order valence-electron chi connectivity index (χ1n) is 5.88. The summed E-state index contributed by atoms with van der Waals surface area (Å²) in [6, 6.07) is 7.67. The molecule has 0 heterocycles. The molecule has 1 aromatic rings. The van der Waals surface area contributed by atoms with Gasteiger partial charge in [0.1, 0.15) is 0 Å². The van der Waals surface area contributed by atoms with E-state index in [9.17, 15) is 8.42 Å². The Balaban J connectivity index is 2.42. The second kappa shape index (κ2) is 7.30. The van der Waals surface area contributed by atoms with Gasteiger partial charge >= 0.3 is 0 Å². The van der Waals surface area contributed by atoms with Gasteiger partial charge in [0, 0.05) is 15.3 Å². The number of anilines is 1. The lowest BCUT2D eigenvalue weighted by atomic mass is 10.3. The van der Waals surface area contributed by atoms with Gasteiger partial charge in [-0.3, -0.25) is 4.72 Å². The summed E-state index contributed by atoms with van der Waals surface area (Å²) in [5.41, 5.74) is 0.618. The molecule has 102 valence electrons. The molecule has 4 nitrogen and oxygen atoms in total. The van der Waals surface area contributed by atoms with Gasteiger partial charge in [0.15, 0.2) is 0 Å². The van der Waals surface area contributed by atoms with Gasteiger partial charge < -0.3 is 5.32 Å². The SMILES string of the molecule is CC(C)NCCCS(=O)(=O)Nc1ccc(I)cc1. The van der Waals surface area contributed by atoms with Crippen LogP contribution in [0.1, 0.15) is 20.3 Å². The lowest BCUT2D eigenvalue weighted by molar-refractivity contribution is 0.571. The van der Waals surface area contributed by atoms with Crippen LogP contribution in [0.3, 0.4) is 0 Å². The summed E-state index contributed by atoms with van der Waals surface area (Å²) >= 11 is 2.18. The van der Waals surface area contributed by atoms with E-state index in [1.807, 2.05) is 26.0 Å². The van der Waals surface area contributed by atoms with Gasteiger partial charge in [0.2, 0.25) is 10.0 Å². The average molecular weight is 382 g/mol. The van der Waals surface area contributed by atoms with Gasteiger partial charge in [0.05, 0.1) is 5.75 Å². The number of sulfonamides is 1. The van der Waals surface area contributed by atoms with Crippen molar-refractivity contribution in [3.8, 4) is 0 Å². The Morgan fingerprint density at radius 2 is 1.83 bits per heavy atom. The fourth-order valence-electron chi connectivity index (χ4n) is 1.40. The monoisotopic (exact) mass is 382 g/mol. The predicted octanol–water partition coefficient (Wildman–Crippen LogP) is 2.42. The summed E-state index contributed by atoms with van der Waals surface area (Å²) < 4.78 is 27.2. The van der Waals surface area contributed by atoms with E-state index in [-0.39, 0.29) is 5.75 Å². The molecule has 0 aliphatic carbocycles. The Morgan fingerprint density at radius 1 is 1.22 bits per heavy atom. The smallest absolute Gasteiger partial charge is 0.232 e. The first-order chi connectivity index (χ1) is 8.39. The maximum Gasteiger partial charge on any atom is 0.232 e. The van der Waals surface area contributed by atoms with Gasteiger partial charge in [-0.05, 0) is 59.8 Å². The molecule has 0 unspecified atom stereocenters. The molecule has 0 fully saturated rings. The molecule has 6 heteroatoms. The van der Waals surface area contributed by atoms with Crippen LogP contribution in [-0.4, -0.2) is 26.8 Å². The molecule has 0 spiro atoms. The summed E-state index contributed by atoms with van der Waals surface area (Å²) in [7, 11) is -3.24. The highest BCUT2D eigenvalue weighted by Crippen LogP contribution is 2.12. The number of hydrogen-bond acceptors (Lipinski definition) is 3. The zero-order valence-electron chi connectivity index (χ0n) is 10.6. The summed E-state index contributed by atoms with van der Waals surface area (Å²) in [5, 5.41) is 3.20. The van der Waals surface area contributed by atoms with E-state index in [1.54, 1.807) is 12.1 Å². The Morgan fingerprint density at radius 3 is 2.39 bits per heavy atom. The Kier molecular flexibility index (Phi) is 6.37. The molecular formula is C12H19IN2O2S. The third-order valence-corrected chi connectivity index (χ3v) is 4.35. The first-order valence-corrected chi connectivity index (χ1v) is 8.61. The largest absolute Gasteiger partial charge is 0.314 e. The normalized spacial score (nSPS) is 11.8. The molecule has 0 saturated carbocycles. The third-order valence-electron chi connectivity index (χ3n) is 2.26. The van der Waals surface area contributed by atoms with Crippen LogP contribution in [0.5, 0.6) is 0 Å². The number of rotatable bonds is 7. The average Bonchev–Trinajstić information content (AvgIpc) is 2.27. The van der Waals surface area contributed by atoms with Gasteiger partial charge in [-0.1, -0.05) is 13.8 Å². The Bertz CT molecular complexity index is 457. The van der Waals surface area contributed by atoms with Crippen molar-refractivity contribution in [3.05, 3.63) is 27.8 Å². The van der Waals surface area contributed by atoms with Crippen LogP contribution < -0.4 is 10.0 Å². The van der Waals surface area contributed by atoms with Crippen molar-refractivity contribution < 1.29 is 8.42 Å². The quantitative estimate of drug-likeness (QED) is 0.563.